The molecule has 3 aromatic heterocycles. The number of nitrogen functional groups attached to an aromatic ring is 1. The number of nitrogens with two attached hydrogens (primary N) is 1. The van der Waals surface area contributed by atoms with Crippen molar-refractivity contribution in [1.29, 1.82) is 0 Å². The van der Waals surface area contributed by atoms with Gasteiger partial charge < -0.3 is 11.1 Å². The van der Waals surface area contributed by atoms with Gasteiger partial charge in [0.2, 0.25) is 5.91 Å². The van der Waals surface area contributed by atoms with E-state index in [1.54, 1.807) is 18.6 Å². The zero-order valence-corrected chi connectivity index (χ0v) is 15.0. The average molecular weight is 347 g/mol. The second-order valence-electron chi connectivity index (χ2n) is 7.11. The van der Waals surface area contributed by atoms with Gasteiger partial charge in [-0.2, -0.15) is 0 Å². The molecule has 0 aromatic carbocycles. The Labute approximate surface area is 151 Å². The molecule has 0 radical (unpaired) electrons. The van der Waals surface area contributed by atoms with Crippen LogP contribution in [0.1, 0.15) is 19.4 Å². The number of carbonyl (C=O) groups is 1. The summed E-state index contributed by atoms with van der Waals surface area (Å²) in [7, 11) is 0. The number of hydrogen-bond donors (Lipinski definition) is 2. The van der Waals surface area contributed by atoms with Crippen LogP contribution in [0.2, 0.25) is 0 Å². The summed E-state index contributed by atoms with van der Waals surface area (Å²) in [6.45, 7) is 6.20. The molecule has 1 aliphatic carbocycles. The molecule has 26 heavy (non-hydrogen) atoms. The number of amides is 1. The first kappa shape index (κ1) is 16.4. The van der Waals surface area contributed by atoms with Gasteiger partial charge in [-0.25, -0.2) is 9.97 Å². The van der Waals surface area contributed by atoms with Crippen molar-refractivity contribution in [3.8, 4) is 11.3 Å². The van der Waals surface area contributed by atoms with E-state index in [0.29, 0.717) is 23.5 Å². The molecule has 1 fully saturated rings. The highest BCUT2D eigenvalue weighted by Gasteiger charge is 2.48. The molecule has 3 aromatic rings. The van der Waals surface area contributed by atoms with Gasteiger partial charge in [-0.3, -0.25) is 9.78 Å². The zero-order valence-electron chi connectivity index (χ0n) is 15.0. The standard InChI is InChI=1S/C20H21N5O/c1-10-4-5-22-8-14(10)16-6-13-7-17(23-9-15(13)19(21)24-16)25-20(26)18-11(2)12(18)3/h4-9,11-12,18H,1-3H3,(H2,21,24)(H,23,25,26)/t11-,12-/m0/s1. The maximum Gasteiger partial charge on any atom is 0.229 e. The van der Waals surface area contributed by atoms with E-state index in [-0.39, 0.29) is 11.8 Å². The molecule has 0 spiro atoms. The molecule has 6 nitrogen and oxygen atoms in total. The largest absolute Gasteiger partial charge is 0.383 e. The lowest BCUT2D eigenvalue weighted by Crippen LogP contribution is -2.16. The molecule has 1 saturated carbocycles. The van der Waals surface area contributed by atoms with E-state index in [1.807, 2.05) is 25.1 Å². The van der Waals surface area contributed by atoms with Gasteiger partial charge in [0.15, 0.2) is 0 Å². The molecule has 2 atom stereocenters. The van der Waals surface area contributed by atoms with Crippen LogP contribution in [-0.2, 0) is 4.79 Å². The van der Waals surface area contributed by atoms with Crippen molar-refractivity contribution in [3.63, 3.8) is 0 Å². The Balaban J connectivity index is 1.71. The molecule has 0 saturated heterocycles. The summed E-state index contributed by atoms with van der Waals surface area (Å²) >= 11 is 0. The van der Waals surface area contributed by atoms with Crippen molar-refractivity contribution in [2.45, 2.75) is 20.8 Å². The van der Waals surface area contributed by atoms with Crippen LogP contribution in [0.4, 0.5) is 11.6 Å². The van der Waals surface area contributed by atoms with Crippen LogP contribution in [-0.4, -0.2) is 20.9 Å². The predicted octanol–water partition coefficient (Wildman–Crippen LogP) is 3.42. The van der Waals surface area contributed by atoms with E-state index >= 15 is 0 Å². The molecule has 0 unspecified atom stereocenters. The molecule has 3 N–H and O–H groups in total. The third kappa shape index (κ3) is 2.77. The molecule has 3 heterocycles. The van der Waals surface area contributed by atoms with Gasteiger partial charge >= 0.3 is 0 Å². The second-order valence-corrected chi connectivity index (χ2v) is 7.11. The van der Waals surface area contributed by atoms with Gasteiger partial charge in [0, 0.05) is 35.5 Å². The second kappa shape index (κ2) is 6.05. The van der Waals surface area contributed by atoms with E-state index in [2.05, 4.69) is 34.1 Å². The van der Waals surface area contributed by atoms with Crippen molar-refractivity contribution < 1.29 is 4.79 Å². The Morgan fingerprint density at radius 1 is 1.19 bits per heavy atom. The highest BCUT2D eigenvalue weighted by molar-refractivity contribution is 5.98. The van der Waals surface area contributed by atoms with Crippen LogP contribution in [0.5, 0.6) is 0 Å². The SMILES string of the molecule is Cc1ccncc1-c1cc2cc(NC(=O)C3[C@@H](C)[C@@H]3C)ncc2c(N)n1. The molecule has 132 valence electrons. The summed E-state index contributed by atoms with van der Waals surface area (Å²) in [5, 5.41) is 4.58. The van der Waals surface area contributed by atoms with E-state index in [4.69, 9.17) is 5.73 Å². The molecule has 4 rings (SSSR count). The number of pyridine rings is 3. The Morgan fingerprint density at radius 3 is 2.65 bits per heavy atom. The van der Waals surface area contributed by atoms with E-state index in [1.165, 1.54) is 0 Å². The predicted molar refractivity (Wildman–Crippen MR) is 102 cm³/mol. The molecule has 0 aliphatic heterocycles. The Morgan fingerprint density at radius 2 is 1.96 bits per heavy atom. The summed E-state index contributed by atoms with van der Waals surface area (Å²) < 4.78 is 0. The summed E-state index contributed by atoms with van der Waals surface area (Å²) in [6.07, 6.45) is 5.19. The maximum absolute atomic E-state index is 12.3. The third-order valence-corrected chi connectivity index (χ3v) is 5.44. The van der Waals surface area contributed by atoms with Gasteiger partial charge in [0.1, 0.15) is 11.6 Å². The number of fused-ring (bicyclic) bond motifs is 1. The van der Waals surface area contributed by atoms with Crippen molar-refractivity contribution in [2.24, 2.45) is 17.8 Å². The van der Waals surface area contributed by atoms with E-state index in [9.17, 15) is 4.79 Å². The first-order chi connectivity index (χ1) is 12.5. The monoisotopic (exact) mass is 347 g/mol. The number of rotatable bonds is 3. The topological polar surface area (TPSA) is 93.8 Å². The number of carbonyl (C=O) groups excluding carboxylic acids is 1. The van der Waals surface area contributed by atoms with Crippen molar-refractivity contribution >= 4 is 28.3 Å². The Hall–Kier alpha value is -3.02. The zero-order chi connectivity index (χ0) is 18.4. The number of aryl methyl sites for hydroxylation is 1. The van der Waals surface area contributed by atoms with Gasteiger partial charge in [0.05, 0.1) is 5.69 Å². The number of nitrogens with zero attached hydrogens (tertiary/aromatic N) is 3. The number of aromatic nitrogens is 3. The lowest BCUT2D eigenvalue weighted by Gasteiger charge is -2.10. The molecule has 1 aliphatic rings. The van der Waals surface area contributed by atoms with Crippen molar-refractivity contribution in [3.05, 3.63) is 42.4 Å². The number of hydrogen-bond acceptors (Lipinski definition) is 5. The highest BCUT2D eigenvalue weighted by Crippen LogP contribution is 2.45. The summed E-state index contributed by atoms with van der Waals surface area (Å²) in [4.78, 5) is 25.3. The number of nitrogens with one attached hydrogen (secondary N) is 1. The fourth-order valence-electron chi connectivity index (χ4n) is 3.46. The fourth-order valence-corrected chi connectivity index (χ4v) is 3.46. The maximum atomic E-state index is 12.3. The van der Waals surface area contributed by atoms with Crippen LogP contribution < -0.4 is 11.1 Å². The van der Waals surface area contributed by atoms with Crippen LogP contribution in [0.15, 0.2) is 36.8 Å². The van der Waals surface area contributed by atoms with Crippen LogP contribution in [0.3, 0.4) is 0 Å². The van der Waals surface area contributed by atoms with Gasteiger partial charge in [0.25, 0.3) is 0 Å². The third-order valence-electron chi connectivity index (χ3n) is 5.44. The molecular formula is C20H21N5O. The highest BCUT2D eigenvalue weighted by atomic mass is 16.2. The lowest BCUT2D eigenvalue weighted by molar-refractivity contribution is -0.117. The quantitative estimate of drug-likeness (QED) is 0.757. The molecular weight excluding hydrogens is 326 g/mol. The molecule has 0 bridgehead atoms. The summed E-state index contributed by atoms with van der Waals surface area (Å²) in [5.41, 5.74) is 8.90. The number of anilines is 2. The normalized spacial score (nSPS) is 21.6. The molecule has 1 amide bonds. The van der Waals surface area contributed by atoms with E-state index < -0.39 is 0 Å². The van der Waals surface area contributed by atoms with Crippen molar-refractivity contribution in [2.75, 3.05) is 11.1 Å². The summed E-state index contributed by atoms with van der Waals surface area (Å²) in [5.74, 6) is 1.90. The lowest BCUT2D eigenvalue weighted by atomic mass is 10.1. The van der Waals surface area contributed by atoms with Gasteiger partial charge in [-0.05, 0) is 47.9 Å². The van der Waals surface area contributed by atoms with Crippen LogP contribution in [0.25, 0.3) is 22.0 Å². The van der Waals surface area contributed by atoms with Crippen LogP contribution in [0, 0.1) is 24.7 Å². The van der Waals surface area contributed by atoms with E-state index in [0.717, 1.165) is 27.6 Å². The summed E-state index contributed by atoms with van der Waals surface area (Å²) in [6, 6.07) is 5.74. The fraction of sp³-hybridized carbons (Fsp3) is 0.300. The Bertz CT molecular complexity index is 1010. The first-order valence-corrected chi connectivity index (χ1v) is 8.74. The minimum Gasteiger partial charge on any atom is -0.383 e. The minimum atomic E-state index is 0.0298. The van der Waals surface area contributed by atoms with Gasteiger partial charge in [-0.15, -0.1) is 0 Å². The minimum absolute atomic E-state index is 0.0298. The average Bonchev–Trinajstić information content (AvgIpc) is 3.21. The smallest absolute Gasteiger partial charge is 0.229 e. The Kier molecular flexibility index (Phi) is 3.83. The van der Waals surface area contributed by atoms with Crippen LogP contribution >= 0.6 is 0 Å². The first-order valence-electron chi connectivity index (χ1n) is 8.74. The molecule has 6 heteroatoms. The van der Waals surface area contributed by atoms with Gasteiger partial charge in [-0.1, -0.05) is 13.8 Å². The van der Waals surface area contributed by atoms with Crippen molar-refractivity contribution in [1.82, 2.24) is 15.0 Å².